The van der Waals surface area contributed by atoms with Crippen LogP contribution in [-0.4, -0.2) is 53.2 Å². The molecule has 170 valence electrons. The summed E-state index contributed by atoms with van der Waals surface area (Å²) in [5.41, 5.74) is 1.78. The second-order valence-electron chi connectivity index (χ2n) is 9.02. The predicted molar refractivity (Wildman–Crippen MR) is 119 cm³/mol. The van der Waals surface area contributed by atoms with Gasteiger partial charge in [-0.1, -0.05) is 23.5 Å². The van der Waals surface area contributed by atoms with E-state index in [4.69, 9.17) is 14.2 Å². The van der Waals surface area contributed by atoms with Crippen LogP contribution in [0.4, 0.5) is 5.13 Å². The van der Waals surface area contributed by atoms with Crippen molar-refractivity contribution in [3.63, 3.8) is 0 Å². The highest BCUT2D eigenvalue weighted by atomic mass is 32.1. The van der Waals surface area contributed by atoms with Crippen molar-refractivity contribution in [2.24, 2.45) is 0 Å². The Labute approximate surface area is 190 Å². The molecule has 9 heteroatoms. The minimum atomic E-state index is -0.389. The standard InChI is InChI=1S/C23H27N3O5S/c1-23(2)11-14-5-3-6-16(20(14)31-23)30-13-19(27)26-9-8-15-18(12-26)32-22(24-15)25-21(28)17-7-4-10-29-17/h3,5-6,17H,4,7-13H2,1-2H3,(H,24,25,28). The molecule has 0 saturated carbocycles. The number of thiazole rings is 1. The Kier molecular flexibility index (Phi) is 5.54. The van der Waals surface area contributed by atoms with E-state index in [1.165, 1.54) is 11.3 Å². The Morgan fingerprint density at radius 2 is 2.25 bits per heavy atom. The van der Waals surface area contributed by atoms with E-state index < -0.39 is 0 Å². The Balaban J connectivity index is 1.18. The van der Waals surface area contributed by atoms with Crippen molar-refractivity contribution in [2.45, 2.75) is 57.8 Å². The van der Waals surface area contributed by atoms with Gasteiger partial charge in [0.15, 0.2) is 23.2 Å². The molecule has 0 radical (unpaired) electrons. The normalized spacial score (nSPS) is 20.9. The van der Waals surface area contributed by atoms with Crippen molar-refractivity contribution >= 4 is 28.3 Å². The summed E-state index contributed by atoms with van der Waals surface area (Å²) in [5.74, 6) is 1.12. The lowest BCUT2D eigenvalue weighted by molar-refractivity contribution is -0.134. The van der Waals surface area contributed by atoms with E-state index in [-0.39, 0.29) is 30.1 Å². The topological polar surface area (TPSA) is 90.0 Å². The number of hydrogen-bond donors (Lipinski definition) is 1. The number of aromatic nitrogens is 1. The van der Waals surface area contributed by atoms with Crippen LogP contribution in [0.3, 0.4) is 0 Å². The first-order valence-corrected chi connectivity index (χ1v) is 11.8. The summed E-state index contributed by atoms with van der Waals surface area (Å²) in [4.78, 5) is 32.4. The van der Waals surface area contributed by atoms with Gasteiger partial charge >= 0.3 is 0 Å². The van der Waals surface area contributed by atoms with Crippen LogP contribution in [0.25, 0.3) is 0 Å². The van der Waals surface area contributed by atoms with Crippen LogP contribution in [-0.2, 0) is 33.7 Å². The Bertz CT molecular complexity index is 1040. The van der Waals surface area contributed by atoms with Crippen LogP contribution in [0, 0.1) is 0 Å². The van der Waals surface area contributed by atoms with Gasteiger partial charge in [0.25, 0.3) is 11.8 Å². The Morgan fingerprint density at radius 1 is 1.38 bits per heavy atom. The summed E-state index contributed by atoms with van der Waals surface area (Å²) in [5, 5.41) is 3.43. The SMILES string of the molecule is CC1(C)Cc2cccc(OCC(=O)N3CCc4nc(NC(=O)C5CCCO5)sc4C3)c2O1. The van der Waals surface area contributed by atoms with Gasteiger partial charge in [-0.05, 0) is 32.8 Å². The summed E-state index contributed by atoms with van der Waals surface area (Å²) in [6, 6.07) is 5.80. The first kappa shape index (κ1) is 21.2. The van der Waals surface area contributed by atoms with Gasteiger partial charge < -0.3 is 19.1 Å². The van der Waals surface area contributed by atoms with Crippen LogP contribution >= 0.6 is 11.3 Å². The van der Waals surface area contributed by atoms with Crippen molar-refractivity contribution in [3.8, 4) is 11.5 Å². The molecule has 5 rings (SSSR count). The van der Waals surface area contributed by atoms with Crippen LogP contribution < -0.4 is 14.8 Å². The second-order valence-corrected chi connectivity index (χ2v) is 10.1. The lowest BCUT2D eigenvalue weighted by Crippen LogP contribution is -2.38. The zero-order valence-electron chi connectivity index (χ0n) is 18.3. The summed E-state index contributed by atoms with van der Waals surface area (Å²) < 4.78 is 17.3. The van der Waals surface area contributed by atoms with Gasteiger partial charge in [-0.25, -0.2) is 4.98 Å². The maximum Gasteiger partial charge on any atom is 0.260 e. The molecule has 4 heterocycles. The average Bonchev–Trinajstić information content (AvgIpc) is 3.48. The highest BCUT2D eigenvalue weighted by Gasteiger charge is 2.33. The van der Waals surface area contributed by atoms with Gasteiger partial charge in [0, 0.05) is 36.4 Å². The maximum absolute atomic E-state index is 12.8. The molecular formula is C23H27N3O5S. The first-order valence-electron chi connectivity index (χ1n) is 11.0. The molecular weight excluding hydrogens is 430 g/mol. The molecule has 3 aliphatic heterocycles. The molecule has 3 aliphatic rings. The third kappa shape index (κ3) is 4.31. The third-order valence-corrected chi connectivity index (χ3v) is 6.94. The molecule has 1 N–H and O–H groups in total. The fraction of sp³-hybridized carbons (Fsp3) is 0.522. The molecule has 2 aromatic rings. The lowest BCUT2D eigenvalue weighted by atomic mass is 10.0. The number of rotatable bonds is 5. The van der Waals surface area contributed by atoms with Crippen molar-refractivity contribution < 1.29 is 23.8 Å². The van der Waals surface area contributed by atoms with Crippen molar-refractivity contribution in [1.82, 2.24) is 9.88 Å². The van der Waals surface area contributed by atoms with E-state index in [1.807, 2.05) is 32.0 Å². The Morgan fingerprint density at radius 3 is 3.06 bits per heavy atom. The smallest absolute Gasteiger partial charge is 0.260 e. The highest BCUT2D eigenvalue weighted by molar-refractivity contribution is 7.15. The summed E-state index contributed by atoms with van der Waals surface area (Å²) in [6.07, 6.45) is 2.73. The fourth-order valence-corrected chi connectivity index (χ4v) is 5.39. The van der Waals surface area contributed by atoms with Crippen LogP contribution in [0.15, 0.2) is 18.2 Å². The molecule has 2 amide bonds. The van der Waals surface area contributed by atoms with E-state index in [0.717, 1.165) is 41.1 Å². The molecule has 32 heavy (non-hydrogen) atoms. The van der Waals surface area contributed by atoms with Gasteiger partial charge in [0.2, 0.25) is 0 Å². The summed E-state index contributed by atoms with van der Waals surface area (Å²) in [7, 11) is 0. The minimum absolute atomic E-state index is 0.0447. The van der Waals surface area contributed by atoms with Gasteiger partial charge in [-0.3, -0.25) is 14.9 Å². The van der Waals surface area contributed by atoms with E-state index in [0.29, 0.717) is 37.0 Å². The molecule has 1 aromatic heterocycles. The molecule has 1 aromatic carbocycles. The fourth-order valence-electron chi connectivity index (χ4n) is 4.36. The van der Waals surface area contributed by atoms with Gasteiger partial charge in [-0.2, -0.15) is 0 Å². The number of benzene rings is 1. The molecule has 1 saturated heterocycles. The monoisotopic (exact) mass is 457 g/mol. The number of carbonyl (C=O) groups excluding carboxylic acids is 2. The molecule has 1 fully saturated rings. The number of para-hydroxylation sites is 1. The maximum atomic E-state index is 12.8. The largest absolute Gasteiger partial charge is 0.483 e. The highest BCUT2D eigenvalue weighted by Crippen LogP contribution is 2.41. The third-order valence-electron chi connectivity index (χ3n) is 5.94. The first-order chi connectivity index (χ1) is 15.4. The molecule has 0 aliphatic carbocycles. The number of nitrogens with one attached hydrogen (secondary N) is 1. The van der Waals surface area contributed by atoms with E-state index >= 15 is 0 Å². The predicted octanol–water partition coefficient (Wildman–Crippen LogP) is 2.94. The zero-order valence-corrected chi connectivity index (χ0v) is 19.1. The van der Waals surface area contributed by atoms with Crippen molar-refractivity contribution in [1.29, 1.82) is 0 Å². The number of anilines is 1. The van der Waals surface area contributed by atoms with Crippen molar-refractivity contribution in [2.75, 3.05) is 25.1 Å². The number of ether oxygens (including phenoxy) is 3. The number of hydrogen-bond acceptors (Lipinski definition) is 7. The number of fused-ring (bicyclic) bond motifs is 2. The molecule has 0 bridgehead atoms. The quantitative estimate of drug-likeness (QED) is 0.743. The molecule has 8 nitrogen and oxygen atoms in total. The lowest BCUT2D eigenvalue weighted by Gasteiger charge is -2.26. The molecule has 0 spiro atoms. The molecule has 1 atom stereocenters. The average molecular weight is 458 g/mol. The Hall–Kier alpha value is -2.65. The molecule has 1 unspecified atom stereocenters. The second kappa shape index (κ2) is 8.37. The van der Waals surface area contributed by atoms with Gasteiger partial charge in [0.1, 0.15) is 11.7 Å². The van der Waals surface area contributed by atoms with Crippen LogP contribution in [0.1, 0.15) is 42.8 Å². The van der Waals surface area contributed by atoms with E-state index in [1.54, 1.807) is 4.90 Å². The van der Waals surface area contributed by atoms with E-state index in [2.05, 4.69) is 10.3 Å². The zero-order chi connectivity index (χ0) is 22.3. The van der Waals surface area contributed by atoms with Gasteiger partial charge in [0.05, 0.1) is 12.2 Å². The van der Waals surface area contributed by atoms with Crippen molar-refractivity contribution in [3.05, 3.63) is 34.3 Å². The van der Waals surface area contributed by atoms with Crippen LogP contribution in [0.2, 0.25) is 0 Å². The van der Waals surface area contributed by atoms with Gasteiger partial charge in [-0.15, -0.1) is 0 Å². The minimum Gasteiger partial charge on any atom is -0.483 e. The summed E-state index contributed by atoms with van der Waals surface area (Å²) in [6.45, 7) is 5.72. The number of nitrogens with zero attached hydrogens (tertiary/aromatic N) is 2. The number of carbonyl (C=O) groups is 2. The van der Waals surface area contributed by atoms with Crippen LogP contribution in [0.5, 0.6) is 11.5 Å². The van der Waals surface area contributed by atoms with E-state index in [9.17, 15) is 9.59 Å². The number of amides is 2. The summed E-state index contributed by atoms with van der Waals surface area (Å²) >= 11 is 1.42.